The van der Waals surface area contributed by atoms with Crippen LogP contribution in [0.2, 0.25) is 0 Å². The number of nitrogens with two attached hydrogens (primary N) is 1. The van der Waals surface area contributed by atoms with Crippen LogP contribution in [-0.2, 0) is 6.54 Å². The number of nitrogens with zero attached hydrogens (tertiary/aromatic N) is 3. The molecule has 6 nitrogen and oxygen atoms in total. The van der Waals surface area contributed by atoms with Gasteiger partial charge in [0.2, 0.25) is 11.9 Å². The molecule has 8 heteroatoms. The topological polar surface area (TPSA) is 86.0 Å². The normalized spacial score (nSPS) is 10.3. The molecule has 0 radical (unpaired) electrons. The summed E-state index contributed by atoms with van der Waals surface area (Å²) in [5.74, 6) is -1.59. The number of hydrogen-bond donors (Lipinski definition) is 2. The van der Waals surface area contributed by atoms with Crippen molar-refractivity contribution in [2.75, 3.05) is 17.7 Å². The van der Waals surface area contributed by atoms with Crippen molar-refractivity contribution in [2.24, 2.45) is 0 Å². The maximum Gasteiger partial charge on any atom is 0.323 e. The molecule has 0 saturated carbocycles. The standard InChI is InChI=1S/C12H13F2N5O/c1-2-20-12-18-10(15)17-11(19-12)16-6-7-3-4-8(13)9(14)5-7/h3-5H,2,6H2,1H3,(H3,15,16,17,18,19). The summed E-state index contributed by atoms with van der Waals surface area (Å²) in [7, 11) is 0. The summed E-state index contributed by atoms with van der Waals surface area (Å²) in [6, 6.07) is 3.71. The molecule has 0 aliphatic heterocycles. The molecule has 0 spiro atoms. The summed E-state index contributed by atoms with van der Waals surface area (Å²) in [4.78, 5) is 11.6. The number of benzene rings is 1. The molecule has 1 aromatic heterocycles. The van der Waals surface area contributed by atoms with Crippen LogP contribution in [0, 0.1) is 11.6 Å². The van der Waals surface area contributed by atoms with Crippen molar-refractivity contribution in [1.29, 1.82) is 0 Å². The number of ether oxygens (including phenoxy) is 1. The number of halogens is 2. The molecule has 0 amide bonds. The third kappa shape index (κ3) is 3.50. The Morgan fingerprint density at radius 1 is 1.20 bits per heavy atom. The SMILES string of the molecule is CCOc1nc(N)nc(NCc2ccc(F)c(F)c2)n1. The Hall–Kier alpha value is -2.51. The average molecular weight is 281 g/mol. The van der Waals surface area contributed by atoms with Gasteiger partial charge in [-0.1, -0.05) is 6.07 Å². The third-order valence-corrected chi connectivity index (χ3v) is 2.34. The highest BCUT2D eigenvalue weighted by Crippen LogP contribution is 2.12. The Morgan fingerprint density at radius 3 is 2.70 bits per heavy atom. The number of rotatable bonds is 5. The Morgan fingerprint density at radius 2 is 2.00 bits per heavy atom. The van der Waals surface area contributed by atoms with Crippen LogP contribution in [0.25, 0.3) is 0 Å². The molecule has 20 heavy (non-hydrogen) atoms. The minimum Gasteiger partial charge on any atom is -0.464 e. The van der Waals surface area contributed by atoms with Crippen LogP contribution in [0.4, 0.5) is 20.7 Å². The summed E-state index contributed by atoms with van der Waals surface area (Å²) >= 11 is 0. The highest BCUT2D eigenvalue weighted by atomic mass is 19.2. The first kappa shape index (κ1) is 13.9. The van der Waals surface area contributed by atoms with Gasteiger partial charge in [0.05, 0.1) is 6.61 Å². The molecule has 0 fully saturated rings. The van der Waals surface area contributed by atoms with Crippen LogP contribution in [0.5, 0.6) is 6.01 Å². The van der Waals surface area contributed by atoms with Gasteiger partial charge in [-0.15, -0.1) is 0 Å². The van der Waals surface area contributed by atoms with Gasteiger partial charge in [-0.2, -0.15) is 15.0 Å². The number of nitrogens with one attached hydrogen (secondary N) is 1. The van der Waals surface area contributed by atoms with Gasteiger partial charge in [0.1, 0.15) is 0 Å². The van der Waals surface area contributed by atoms with Gasteiger partial charge in [0.15, 0.2) is 11.6 Å². The van der Waals surface area contributed by atoms with Crippen molar-refractivity contribution in [3.8, 4) is 6.01 Å². The van der Waals surface area contributed by atoms with Crippen molar-refractivity contribution in [2.45, 2.75) is 13.5 Å². The summed E-state index contributed by atoms with van der Waals surface area (Å²) in [5.41, 5.74) is 6.05. The highest BCUT2D eigenvalue weighted by Gasteiger charge is 2.06. The molecule has 3 N–H and O–H groups in total. The van der Waals surface area contributed by atoms with Crippen LogP contribution in [-0.4, -0.2) is 21.6 Å². The van der Waals surface area contributed by atoms with Gasteiger partial charge in [0.25, 0.3) is 0 Å². The second-order valence-corrected chi connectivity index (χ2v) is 3.83. The lowest BCUT2D eigenvalue weighted by Crippen LogP contribution is -2.09. The highest BCUT2D eigenvalue weighted by molar-refractivity contribution is 5.34. The zero-order valence-corrected chi connectivity index (χ0v) is 10.7. The number of hydrogen-bond acceptors (Lipinski definition) is 6. The van der Waals surface area contributed by atoms with E-state index in [1.165, 1.54) is 6.07 Å². The van der Waals surface area contributed by atoms with Crippen LogP contribution in [0.3, 0.4) is 0 Å². The summed E-state index contributed by atoms with van der Waals surface area (Å²) in [6.07, 6.45) is 0. The van der Waals surface area contributed by atoms with Gasteiger partial charge in [-0.3, -0.25) is 0 Å². The maximum absolute atomic E-state index is 13.0. The fourth-order valence-electron chi connectivity index (χ4n) is 1.48. The molecule has 2 rings (SSSR count). The van der Waals surface area contributed by atoms with E-state index in [4.69, 9.17) is 10.5 Å². The first-order valence-electron chi connectivity index (χ1n) is 5.90. The molecular formula is C12H13F2N5O. The molecule has 106 valence electrons. The zero-order chi connectivity index (χ0) is 14.5. The fourth-order valence-corrected chi connectivity index (χ4v) is 1.48. The van der Waals surface area contributed by atoms with Crippen LogP contribution in [0.1, 0.15) is 12.5 Å². The van der Waals surface area contributed by atoms with E-state index < -0.39 is 11.6 Å². The van der Waals surface area contributed by atoms with Crippen LogP contribution in [0.15, 0.2) is 18.2 Å². The van der Waals surface area contributed by atoms with E-state index in [0.29, 0.717) is 12.2 Å². The van der Waals surface area contributed by atoms with E-state index in [0.717, 1.165) is 12.1 Å². The molecule has 0 bridgehead atoms. The fraction of sp³-hybridized carbons (Fsp3) is 0.250. The minimum absolute atomic E-state index is 0.0104. The lowest BCUT2D eigenvalue weighted by Gasteiger charge is -2.07. The second kappa shape index (κ2) is 6.09. The minimum atomic E-state index is -0.908. The predicted molar refractivity (Wildman–Crippen MR) is 69.1 cm³/mol. The monoisotopic (exact) mass is 281 g/mol. The van der Waals surface area contributed by atoms with Gasteiger partial charge in [0, 0.05) is 6.54 Å². The van der Waals surface area contributed by atoms with Gasteiger partial charge in [-0.25, -0.2) is 8.78 Å². The Balaban J connectivity index is 2.08. The van der Waals surface area contributed by atoms with Crippen molar-refractivity contribution in [3.63, 3.8) is 0 Å². The Labute approximate surface area is 114 Å². The maximum atomic E-state index is 13.0. The molecule has 0 unspecified atom stereocenters. The smallest absolute Gasteiger partial charge is 0.323 e. The molecule has 0 atom stereocenters. The quantitative estimate of drug-likeness (QED) is 0.868. The first-order valence-corrected chi connectivity index (χ1v) is 5.90. The Kier molecular flexibility index (Phi) is 4.24. The summed E-state index contributed by atoms with van der Waals surface area (Å²) in [5, 5.41) is 2.84. The lowest BCUT2D eigenvalue weighted by molar-refractivity contribution is 0.312. The molecule has 1 heterocycles. The van der Waals surface area contributed by atoms with Crippen molar-refractivity contribution in [3.05, 3.63) is 35.4 Å². The van der Waals surface area contributed by atoms with Crippen molar-refractivity contribution >= 4 is 11.9 Å². The van der Waals surface area contributed by atoms with E-state index in [-0.39, 0.29) is 24.5 Å². The third-order valence-electron chi connectivity index (χ3n) is 2.34. The van der Waals surface area contributed by atoms with Crippen LogP contribution < -0.4 is 15.8 Å². The molecule has 1 aromatic carbocycles. The van der Waals surface area contributed by atoms with E-state index >= 15 is 0 Å². The van der Waals surface area contributed by atoms with Gasteiger partial charge < -0.3 is 15.8 Å². The largest absolute Gasteiger partial charge is 0.464 e. The summed E-state index contributed by atoms with van der Waals surface area (Å²) < 4.78 is 31.0. The van der Waals surface area contributed by atoms with Crippen LogP contribution >= 0.6 is 0 Å². The molecular weight excluding hydrogens is 268 g/mol. The Bertz CT molecular complexity index is 608. The predicted octanol–water partition coefficient (Wildman–Crippen LogP) is 1.74. The van der Waals surface area contributed by atoms with Crippen molar-refractivity contribution < 1.29 is 13.5 Å². The first-order chi connectivity index (χ1) is 9.58. The molecule has 0 aliphatic rings. The zero-order valence-electron chi connectivity index (χ0n) is 10.7. The number of anilines is 2. The lowest BCUT2D eigenvalue weighted by atomic mass is 10.2. The van der Waals surface area contributed by atoms with E-state index in [9.17, 15) is 8.78 Å². The average Bonchev–Trinajstić information content (AvgIpc) is 2.40. The van der Waals surface area contributed by atoms with Gasteiger partial charge in [-0.05, 0) is 24.6 Å². The number of nitrogen functional groups attached to an aromatic ring is 1. The van der Waals surface area contributed by atoms with E-state index in [2.05, 4.69) is 20.3 Å². The van der Waals surface area contributed by atoms with Crippen molar-refractivity contribution in [1.82, 2.24) is 15.0 Å². The number of aromatic nitrogens is 3. The van der Waals surface area contributed by atoms with E-state index in [1.807, 2.05) is 0 Å². The molecule has 0 saturated heterocycles. The van der Waals surface area contributed by atoms with Gasteiger partial charge >= 0.3 is 6.01 Å². The van der Waals surface area contributed by atoms with E-state index in [1.54, 1.807) is 6.92 Å². The molecule has 2 aromatic rings. The summed E-state index contributed by atoms with van der Waals surface area (Å²) in [6.45, 7) is 2.40. The second-order valence-electron chi connectivity index (χ2n) is 3.83. The molecule has 0 aliphatic carbocycles.